The van der Waals surface area contributed by atoms with Gasteiger partial charge in [-0.2, -0.15) is 0 Å². The van der Waals surface area contributed by atoms with E-state index in [1.54, 1.807) is 0 Å². The van der Waals surface area contributed by atoms with E-state index in [-0.39, 0.29) is 30.4 Å². The van der Waals surface area contributed by atoms with Gasteiger partial charge in [-0.15, -0.1) is 0 Å². The smallest absolute Gasteiger partial charge is 0.243 e. The number of amides is 4. The van der Waals surface area contributed by atoms with Crippen molar-refractivity contribution in [2.75, 3.05) is 0 Å². The molecule has 9 heteroatoms. The highest BCUT2D eigenvalue weighted by molar-refractivity contribution is 5.99. The van der Waals surface area contributed by atoms with Crippen LogP contribution in [0.4, 0.5) is 0 Å². The van der Waals surface area contributed by atoms with Gasteiger partial charge in [-0.1, -0.05) is 30.3 Å². The van der Waals surface area contributed by atoms with Crippen LogP contribution >= 0.6 is 0 Å². The molecular weight excluding hydrogens is 388 g/mol. The van der Waals surface area contributed by atoms with Crippen molar-refractivity contribution in [2.45, 2.75) is 56.7 Å². The second-order valence-electron chi connectivity index (χ2n) is 7.86. The van der Waals surface area contributed by atoms with Gasteiger partial charge in [-0.3, -0.25) is 24.0 Å². The Hall–Kier alpha value is -3.23. The summed E-state index contributed by atoms with van der Waals surface area (Å²) in [6, 6.07) is 6.55. The first-order chi connectivity index (χ1) is 14.3. The second-order valence-corrected chi connectivity index (χ2v) is 7.86. The van der Waals surface area contributed by atoms with Crippen molar-refractivity contribution in [1.82, 2.24) is 16.0 Å². The number of rotatable bonds is 7. The standard InChI is InChI=1S/C21H26N4O5/c22-19(28)18(13-7-4-8-14(26)10-13)25-17(27)11-16-21(30)23-15(20(29)24-16)9-12-5-2-1-3-6-12/h1-3,5-6,13,15-16,18H,4,7-11H2,(H2,22,28)(H,23,30)(H,24,29)(H,25,27)/t13-,15-,16-,18+/m0/s1. The zero-order valence-electron chi connectivity index (χ0n) is 16.6. The lowest BCUT2D eigenvalue weighted by Crippen LogP contribution is -2.63. The van der Waals surface area contributed by atoms with Crippen molar-refractivity contribution >= 4 is 29.4 Å². The summed E-state index contributed by atoms with van der Waals surface area (Å²) in [7, 11) is 0. The quantitative estimate of drug-likeness (QED) is 0.467. The maximum absolute atomic E-state index is 12.4. The monoisotopic (exact) mass is 414 g/mol. The molecule has 0 unspecified atom stereocenters. The average molecular weight is 414 g/mol. The van der Waals surface area contributed by atoms with Gasteiger partial charge in [-0.25, -0.2) is 0 Å². The first-order valence-electron chi connectivity index (χ1n) is 10.1. The lowest BCUT2D eigenvalue weighted by molar-refractivity contribution is -0.139. The highest BCUT2D eigenvalue weighted by Crippen LogP contribution is 2.24. The molecule has 5 N–H and O–H groups in total. The largest absolute Gasteiger partial charge is 0.368 e. The molecule has 2 fully saturated rings. The van der Waals surface area contributed by atoms with Gasteiger partial charge in [0.2, 0.25) is 23.6 Å². The van der Waals surface area contributed by atoms with Crippen LogP contribution in [-0.2, 0) is 30.4 Å². The number of carbonyl (C=O) groups excluding carboxylic acids is 5. The SMILES string of the molecule is NC(=O)[C@H](NC(=O)C[C@@H]1NC(=O)[C@H](Cc2ccccc2)NC1=O)[C@H]1CCCC(=O)C1. The van der Waals surface area contributed by atoms with E-state index in [4.69, 9.17) is 5.73 Å². The number of benzene rings is 1. The molecule has 4 atom stereocenters. The second kappa shape index (κ2) is 9.51. The molecule has 0 spiro atoms. The van der Waals surface area contributed by atoms with E-state index in [0.717, 1.165) is 5.56 Å². The molecule has 3 rings (SSSR count). The number of piperazine rings is 1. The Morgan fingerprint density at radius 2 is 1.73 bits per heavy atom. The summed E-state index contributed by atoms with van der Waals surface area (Å²) in [6.45, 7) is 0. The summed E-state index contributed by atoms with van der Waals surface area (Å²) in [5.41, 5.74) is 6.32. The molecule has 2 aliphatic rings. The molecule has 0 aromatic heterocycles. The highest BCUT2D eigenvalue weighted by atomic mass is 16.2. The number of nitrogens with two attached hydrogens (primary N) is 1. The number of hydrogen-bond donors (Lipinski definition) is 4. The Balaban J connectivity index is 1.56. The zero-order chi connectivity index (χ0) is 21.7. The molecule has 1 aliphatic carbocycles. The van der Waals surface area contributed by atoms with E-state index in [1.807, 2.05) is 30.3 Å². The minimum Gasteiger partial charge on any atom is -0.368 e. The van der Waals surface area contributed by atoms with Crippen molar-refractivity contribution in [3.05, 3.63) is 35.9 Å². The van der Waals surface area contributed by atoms with Crippen LogP contribution in [0.15, 0.2) is 30.3 Å². The van der Waals surface area contributed by atoms with E-state index < -0.39 is 35.8 Å². The van der Waals surface area contributed by atoms with Gasteiger partial charge in [-0.05, 0) is 24.3 Å². The Labute approximate surface area is 174 Å². The molecule has 4 amide bonds. The van der Waals surface area contributed by atoms with E-state index in [1.165, 1.54) is 0 Å². The fourth-order valence-electron chi connectivity index (χ4n) is 3.99. The van der Waals surface area contributed by atoms with Crippen LogP contribution in [0.25, 0.3) is 0 Å². The van der Waals surface area contributed by atoms with E-state index in [2.05, 4.69) is 16.0 Å². The first kappa shape index (κ1) is 21.5. The van der Waals surface area contributed by atoms with Crippen LogP contribution in [0, 0.1) is 5.92 Å². The highest BCUT2D eigenvalue weighted by Gasteiger charge is 2.37. The van der Waals surface area contributed by atoms with E-state index in [9.17, 15) is 24.0 Å². The van der Waals surface area contributed by atoms with Crippen molar-refractivity contribution < 1.29 is 24.0 Å². The van der Waals surface area contributed by atoms with Crippen LogP contribution in [0.2, 0.25) is 0 Å². The lowest BCUT2D eigenvalue weighted by atomic mass is 9.82. The molecule has 0 radical (unpaired) electrons. The molecule has 1 heterocycles. The third kappa shape index (κ3) is 5.43. The minimum atomic E-state index is -1.04. The van der Waals surface area contributed by atoms with Gasteiger partial charge in [0.15, 0.2) is 0 Å². The summed E-state index contributed by atoms with van der Waals surface area (Å²) in [4.78, 5) is 60.7. The van der Waals surface area contributed by atoms with Crippen molar-refractivity contribution in [3.8, 4) is 0 Å². The summed E-state index contributed by atoms with van der Waals surface area (Å²) in [5, 5.41) is 7.77. The molecule has 1 saturated carbocycles. The molecule has 160 valence electrons. The summed E-state index contributed by atoms with van der Waals surface area (Å²) in [6.07, 6.45) is 1.94. The molecule has 9 nitrogen and oxygen atoms in total. The summed E-state index contributed by atoms with van der Waals surface area (Å²) < 4.78 is 0. The van der Waals surface area contributed by atoms with Gasteiger partial charge in [0.25, 0.3) is 0 Å². The van der Waals surface area contributed by atoms with Crippen LogP contribution in [0.3, 0.4) is 0 Å². The van der Waals surface area contributed by atoms with Gasteiger partial charge in [0.05, 0.1) is 6.42 Å². The maximum atomic E-state index is 12.4. The molecule has 0 bridgehead atoms. The molecule has 30 heavy (non-hydrogen) atoms. The molecule has 1 aromatic carbocycles. The zero-order valence-corrected chi connectivity index (χ0v) is 16.6. The van der Waals surface area contributed by atoms with Crippen molar-refractivity contribution in [1.29, 1.82) is 0 Å². The van der Waals surface area contributed by atoms with Crippen LogP contribution in [0.5, 0.6) is 0 Å². The average Bonchev–Trinajstić information content (AvgIpc) is 2.70. The predicted molar refractivity (Wildman–Crippen MR) is 107 cm³/mol. The van der Waals surface area contributed by atoms with Crippen molar-refractivity contribution in [3.63, 3.8) is 0 Å². The molecule has 1 aliphatic heterocycles. The molecular formula is C21H26N4O5. The minimum absolute atomic E-state index is 0.0372. The van der Waals surface area contributed by atoms with Gasteiger partial charge in [0, 0.05) is 19.3 Å². The number of hydrogen-bond acceptors (Lipinski definition) is 5. The first-order valence-corrected chi connectivity index (χ1v) is 10.1. The summed E-state index contributed by atoms with van der Waals surface area (Å²) >= 11 is 0. The topological polar surface area (TPSA) is 147 Å². The van der Waals surface area contributed by atoms with E-state index in [0.29, 0.717) is 25.7 Å². The Morgan fingerprint density at radius 1 is 1.07 bits per heavy atom. The van der Waals surface area contributed by atoms with Gasteiger partial charge in [0.1, 0.15) is 23.9 Å². The van der Waals surface area contributed by atoms with Gasteiger partial charge < -0.3 is 21.7 Å². The third-order valence-corrected chi connectivity index (χ3v) is 5.55. The Morgan fingerprint density at radius 3 is 2.40 bits per heavy atom. The maximum Gasteiger partial charge on any atom is 0.243 e. The van der Waals surface area contributed by atoms with Crippen LogP contribution < -0.4 is 21.7 Å². The Bertz CT molecular complexity index is 841. The fraction of sp³-hybridized carbons (Fsp3) is 0.476. The summed E-state index contributed by atoms with van der Waals surface area (Å²) in [5.74, 6) is -2.45. The van der Waals surface area contributed by atoms with Crippen LogP contribution in [-0.4, -0.2) is 47.5 Å². The normalized spacial score (nSPS) is 25.1. The molecule has 1 saturated heterocycles. The third-order valence-electron chi connectivity index (χ3n) is 5.55. The van der Waals surface area contributed by atoms with Crippen molar-refractivity contribution in [2.24, 2.45) is 11.7 Å². The number of nitrogens with one attached hydrogen (secondary N) is 3. The van der Waals surface area contributed by atoms with Crippen LogP contribution in [0.1, 0.15) is 37.7 Å². The molecule has 1 aromatic rings. The fourth-order valence-corrected chi connectivity index (χ4v) is 3.99. The number of ketones is 1. The lowest BCUT2D eigenvalue weighted by Gasteiger charge is -2.31. The Kier molecular flexibility index (Phi) is 6.81. The van der Waals surface area contributed by atoms with E-state index >= 15 is 0 Å². The number of Topliss-reactive ketones (excluding diaryl/α,β-unsaturated/α-hetero) is 1. The van der Waals surface area contributed by atoms with Gasteiger partial charge >= 0.3 is 0 Å². The number of carbonyl (C=O) groups is 5. The number of primary amides is 1. The predicted octanol–water partition coefficient (Wildman–Crippen LogP) is -0.668.